The van der Waals surface area contributed by atoms with Crippen LogP contribution in [-0.2, 0) is 14.3 Å². The van der Waals surface area contributed by atoms with Gasteiger partial charge in [0.15, 0.2) is 0 Å². The molecule has 1 aliphatic heterocycles. The topological polar surface area (TPSA) is 46.6 Å². The molecule has 4 nitrogen and oxygen atoms in total. The lowest BCUT2D eigenvalue weighted by Gasteiger charge is -2.36. The number of nitrogens with zero attached hydrogens (tertiary/aromatic N) is 1. The van der Waals surface area contributed by atoms with Crippen molar-refractivity contribution in [3.8, 4) is 0 Å². The summed E-state index contributed by atoms with van der Waals surface area (Å²) in [5, 5.41) is 0. The van der Waals surface area contributed by atoms with E-state index < -0.39 is 5.92 Å². The van der Waals surface area contributed by atoms with Crippen LogP contribution < -0.4 is 0 Å². The van der Waals surface area contributed by atoms with Crippen molar-refractivity contribution in [3.63, 3.8) is 0 Å². The lowest BCUT2D eigenvalue weighted by molar-refractivity contribution is -0.150. The van der Waals surface area contributed by atoms with Gasteiger partial charge in [-0.25, -0.2) is 0 Å². The second-order valence-corrected chi connectivity index (χ2v) is 6.33. The SMILES string of the molecule is C=CCC(C(C)=O)C(=O)N1C(C(C)(C)C)OC[C@@H]1C. The molecule has 0 bridgehead atoms. The molecule has 1 fully saturated rings. The number of ketones is 1. The number of carbonyl (C=O) groups excluding carboxylic acids is 2. The molecule has 0 radical (unpaired) electrons. The number of rotatable bonds is 4. The van der Waals surface area contributed by atoms with Crippen LogP contribution in [0.3, 0.4) is 0 Å². The minimum Gasteiger partial charge on any atom is -0.356 e. The van der Waals surface area contributed by atoms with E-state index in [4.69, 9.17) is 4.74 Å². The van der Waals surface area contributed by atoms with Crippen LogP contribution in [0.25, 0.3) is 0 Å². The molecule has 1 aliphatic rings. The summed E-state index contributed by atoms with van der Waals surface area (Å²) in [7, 11) is 0. The van der Waals surface area contributed by atoms with Crippen LogP contribution >= 0.6 is 0 Å². The molecule has 0 spiro atoms. The number of ether oxygens (including phenoxy) is 1. The number of carbonyl (C=O) groups is 2. The largest absolute Gasteiger partial charge is 0.356 e. The highest BCUT2D eigenvalue weighted by Crippen LogP contribution is 2.33. The van der Waals surface area contributed by atoms with Crippen LogP contribution in [0.1, 0.15) is 41.0 Å². The fraction of sp³-hybridized carbons (Fsp3) is 0.733. The maximum absolute atomic E-state index is 12.6. The highest BCUT2D eigenvalue weighted by molar-refractivity contribution is 6.00. The summed E-state index contributed by atoms with van der Waals surface area (Å²) in [6, 6.07) is 0.00314. The molecule has 0 N–H and O–H groups in total. The number of amides is 1. The average molecular weight is 267 g/mol. The highest BCUT2D eigenvalue weighted by Gasteiger charge is 2.44. The van der Waals surface area contributed by atoms with E-state index in [1.54, 1.807) is 11.0 Å². The maximum atomic E-state index is 12.6. The Kier molecular flexibility index (Phi) is 4.91. The van der Waals surface area contributed by atoms with Gasteiger partial charge in [0.25, 0.3) is 0 Å². The van der Waals surface area contributed by atoms with Gasteiger partial charge in [0.2, 0.25) is 5.91 Å². The van der Waals surface area contributed by atoms with E-state index in [1.807, 2.05) is 27.7 Å². The Balaban J connectivity index is 2.99. The number of Topliss-reactive ketones (excluding diaryl/α,β-unsaturated/α-hetero) is 1. The van der Waals surface area contributed by atoms with Crippen molar-refractivity contribution in [1.29, 1.82) is 0 Å². The standard InChI is InChI=1S/C15H25NO3/c1-7-8-12(11(3)17)13(18)16-10(2)9-19-14(16)15(4,5)6/h7,10,12,14H,1,8-9H2,2-6H3/t10-,12?,14?/m0/s1. The Morgan fingerprint density at radius 3 is 2.47 bits per heavy atom. The van der Waals surface area contributed by atoms with Crippen molar-refractivity contribution in [2.75, 3.05) is 6.61 Å². The van der Waals surface area contributed by atoms with E-state index in [1.165, 1.54) is 6.92 Å². The summed E-state index contributed by atoms with van der Waals surface area (Å²) in [6.07, 6.45) is 1.73. The van der Waals surface area contributed by atoms with Crippen molar-refractivity contribution in [3.05, 3.63) is 12.7 Å². The molecule has 1 heterocycles. The zero-order valence-corrected chi connectivity index (χ0v) is 12.6. The molecular formula is C15H25NO3. The Hall–Kier alpha value is -1.16. The molecule has 3 atom stereocenters. The van der Waals surface area contributed by atoms with E-state index in [9.17, 15) is 9.59 Å². The van der Waals surface area contributed by atoms with Gasteiger partial charge in [-0.3, -0.25) is 9.59 Å². The minimum atomic E-state index is -0.633. The zero-order valence-electron chi connectivity index (χ0n) is 12.6. The van der Waals surface area contributed by atoms with Gasteiger partial charge in [-0.05, 0) is 20.3 Å². The predicted molar refractivity (Wildman–Crippen MR) is 74.5 cm³/mol. The van der Waals surface area contributed by atoms with Crippen LogP contribution in [0.2, 0.25) is 0 Å². The molecule has 1 rings (SSSR count). The smallest absolute Gasteiger partial charge is 0.235 e. The first-order valence-electron chi connectivity index (χ1n) is 6.75. The van der Waals surface area contributed by atoms with Gasteiger partial charge in [0.05, 0.1) is 18.6 Å². The molecule has 0 aliphatic carbocycles. The molecule has 19 heavy (non-hydrogen) atoms. The van der Waals surface area contributed by atoms with Crippen molar-refractivity contribution >= 4 is 11.7 Å². The Morgan fingerprint density at radius 2 is 2.05 bits per heavy atom. The Bertz CT molecular complexity index is 370. The van der Waals surface area contributed by atoms with Crippen molar-refractivity contribution in [2.45, 2.75) is 53.3 Å². The lowest BCUT2D eigenvalue weighted by Crippen LogP contribution is -2.50. The second-order valence-electron chi connectivity index (χ2n) is 6.33. The summed E-state index contributed by atoms with van der Waals surface area (Å²) in [5.41, 5.74) is -0.171. The lowest BCUT2D eigenvalue weighted by atomic mass is 9.91. The van der Waals surface area contributed by atoms with Crippen LogP contribution in [0.15, 0.2) is 12.7 Å². The normalized spacial score (nSPS) is 25.2. The van der Waals surface area contributed by atoms with Crippen molar-refractivity contribution < 1.29 is 14.3 Å². The molecule has 1 amide bonds. The highest BCUT2D eigenvalue weighted by atomic mass is 16.5. The van der Waals surface area contributed by atoms with Crippen molar-refractivity contribution in [2.24, 2.45) is 11.3 Å². The first kappa shape index (κ1) is 15.9. The predicted octanol–water partition coefficient (Wildman–Crippen LogP) is 2.39. The summed E-state index contributed by atoms with van der Waals surface area (Å²) >= 11 is 0. The van der Waals surface area contributed by atoms with Crippen LogP contribution in [0, 0.1) is 11.3 Å². The Labute approximate surface area is 115 Å². The minimum absolute atomic E-state index is 0.00314. The van der Waals surface area contributed by atoms with Crippen LogP contribution in [0.4, 0.5) is 0 Å². The summed E-state index contributed by atoms with van der Waals surface area (Å²) < 4.78 is 5.74. The summed E-state index contributed by atoms with van der Waals surface area (Å²) in [6.45, 7) is 13.7. The van der Waals surface area contributed by atoms with Crippen molar-refractivity contribution in [1.82, 2.24) is 4.90 Å². The van der Waals surface area contributed by atoms with Crippen LogP contribution in [0.5, 0.6) is 0 Å². The fourth-order valence-electron chi connectivity index (χ4n) is 2.41. The number of hydrogen-bond acceptors (Lipinski definition) is 3. The molecule has 0 aromatic heterocycles. The van der Waals surface area contributed by atoms with Gasteiger partial charge in [-0.15, -0.1) is 6.58 Å². The molecular weight excluding hydrogens is 242 g/mol. The summed E-state index contributed by atoms with van der Waals surface area (Å²) in [4.78, 5) is 26.0. The monoisotopic (exact) mass is 267 g/mol. The van der Waals surface area contributed by atoms with Gasteiger partial charge >= 0.3 is 0 Å². The quantitative estimate of drug-likeness (QED) is 0.580. The molecule has 1 saturated heterocycles. The van der Waals surface area contributed by atoms with Gasteiger partial charge < -0.3 is 9.64 Å². The number of allylic oxidation sites excluding steroid dienone is 1. The van der Waals surface area contributed by atoms with Gasteiger partial charge in [0, 0.05) is 5.41 Å². The van der Waals surface area contributed by atoms with E-state index in [-0.39, 0.29) is 29.4 Å². The molecule has 2 unspecified atom stereocenters. The fourth-order valence-corrected chi connectivity index (χ4v) is 2.41. The van der Waals surface area contributed by atoms with E-state index >= 15 is 0 Å². The third-order valence-electron chi connectivity index (χ3n) is 3.41. The molecule has 4 heteroatoms. The molecule has 0 saturated carbocycles. The third-order valence-corrected chi connectivity index (χ3v) is 3.41. The summed E-state index contributed by atoms with van der Waals surface area (Å²) in [5.74, 6) is -0.888. The first-order chi connectivity index (χ1) is 8.70. The van der Waals surface area contributed by atoms with E-state index in [0.717, 1.165) is 0 Å². The van der Waals surface area contributed by atoms with Gasteiger partial charge in [0.1, 0.15) is 12.0 Å². The Morgan fingerprint density at radius 1 is 1.47 bits per heavy atom. The molecule has 0 aromatic rings. The maximum Gasteiger partial charge on any atom is 0.235 e. The first-order valence-corrected chi connectivity index (χ1v) is 6.75. The van der Waals surface area contributed by atoms with Gasteiger partial charge in [-0.1, -0.05) is 26.8 Å². The second kappa shape index (κ2) is 5.87. The van der Waals surface area contributed by atoms with E-state index in [2.05, 4.69) is 6.58 Å². The zero-order chi connectivity index (χ0) is 14.8. The molecule has 108 valence electrons. The number of hydrogen-bond donors (Lipinski definition) is 0. The van der Waals surface area contributed by atoms with Crippen LogP contribution in [-0.4, -0.2) is 35.5 Å². The van der Waals surface area contributed by atoms with Gasteiger partial charge in [-0.2, -0.15) is 0 Å². The third kappa shape index (κ3) is 3.44. The van der Waals surface area contributed by atoms with E-state index in [0.29, 0.717) is 13.0 Å². The molecule has 0 aromatic carbocycles. The average Bonchev–Trinajstić information content (AvgIpc) is 2.66.